The Morgan fingerprint density at radius 2 is 2.17 bits per heavy atom. The molecule has 0 saturated heterocycles. The Morgan fingerprint density at radius 3 is 2.90 bits per heavy atom. The summed E-state index contributed by atoms with van der Waals surface area (Å²) in [7, 11) is 3.47. The molecule has 0 radical (unpaired) electrons. The molecule has 0 aliphatic carbocycles. The number of aryl methyl sites for hydroxylation is 1. The van der Waals surface area contributed by atoms with Crippen molar-refractivity contribution in [3.05, 3.63) is 47.9 Å². The van der Waals surface area contributed by atoms with Crippen LogP contribution in [0.3, 0.4) is 0 Å². The number of nitrogens with zero attached hydrogens (tertiary/aromatic N) is 4. The topological polar surface area (TPSA) is 114 Å². The molecule has 3 rings (SSSR count). The Kier molecular flexibility index (Phi) is 5.90. The first kappa shape index (κ1) is 20.0. The van der Waals surface area contributed by atoms with Crippen LogP contribution in [0.15, 0.2) is 36.5 Å². The Morgan fingerprint density at radius 1 is 1.38 bits per heavy atom. The zero-order valence-electron chi connectivity index (χ0n) is 16.2. The van der Waals surface area contributed by atoms with Gasteiger partial charge in [-0.1, -0.05) is 24.0 Å². The lowest BCUT2D eigenvalue weighted by atomic mass is 10.1. The van der Waals surface area contributed by atoms with Crippen molar-refractivity contribution in [2.45, 2.75) is 12.5 Å². The molecule has 0 saturated carbocycles. The highest BCUT2D eigenvalue weighted by Crippen LogP contribution is 2.27. The first-order chi connectivity index (χ1) is 13.9. The number of hydrogen-bond acceptors (Lipinski definition) is 5. The number of aliphatic hydroxyl groups is 1. The van der Waals surface area contributed by atoms with Gasteiger partial charge in [0, 0.05) is 49.8 Å². The van der Waals surface area contributed by atoms with E-state index in [-0.39, 0.29) is 5.82 Å². The van der Waals surface area contributed by atoms with Gasteiger partial charge in [0.25, 0.3) is 5.91 Å². The minimum Gasteiger partial charge on any atom is -0.380 e. The summed E-state index contributed by atoms with van der Waals surface area (Å²) < 4.78 is 1.79. The standard InChI is InChI=1S/C21H21N5O3/c1-25(13-27)10-8-16(28)7-6-14-4-3-5-15(12-14)18-17-9-11-26(2)21(17)24-20(23-18)19(22)29/h3-5,9,11-13,16,28H,8,10H2,1-2H3,(H2,22,29)/t16-/m0/s1. The van der Waals surface area contributed by atoms with Gasteiger partial charge in [-0.3, -0.25) is 9.59 Å². The molecule has 0 bridgehead atoms. The summed E-state index contributed by atoms with van der Waals surface area (Å²) in [6, 6.07) is 9.21. The maximum atomic E-state index is 11.6. The molecular formula is C21H21N5O3. The van der Waals surface area contributed by atoms with Gasteiger partial charge in [0.05, 0.1) is 5.69 Å². The van der Waals surface area contributed by atoms with E-state index in [1.807, 2.05) is 43.6 Å². The number of aliphatic hydroxyl groups excluding tert-OH is 1. The normalized spacial score (nSPS) is 11.6. The highest BCUT2D eigenvalue weighted by atomic mass is 16.3. The first-order valence-electron chi connectivity index (χ1n) is 8.97. The number of rotatable bonds is 6. The fourth-order valence-corrected chi connectivity index (χ4v) is 2.83. The first-order valence-corrected chi connectivity index (χ1v) is 8.97. The van der Waals surface area contributed by atoms with Crippen molar-refractivity contribution in [1.82, 2.24) is 19.4 Å². The van der Waals surface area contributed by atoms with Gasteiger partial charge in [-0.2, -0.15) is 0 Å². The lowest BCUT2D eigenvalue weighted by Gasteiger charge is -2.10. The Hall–Kier alpha value is -3.70. The molecule has 0 unspecified atom stereocenters. The monoisotopic (exact) mass is 391 g/mol. The van der Waals surface area contributed by atoms with E-state index < -0.39 is 12.0 Å². The molecule has 3 aromatic rings. The molecular weight excluding hydrogens is 370 g/mol. The fourth-order valence-electron chi connectivity index (χ4n) is 2.83. The third-order valence-electron chi connectivity index (χ3n) is 4.40. The quantitative estimate of drug-likeness (QED) is 0.479. The minimum absolute atomic E-state index is 0.0551. The third-order valence-corrected chi connectivity index (χ3v) is 4.40. The third kappa shape index (κ3) is 4.59. The average molecular weight is 391 g/mol. The molecule has 1 aromatic carbocycles. The van der Waals surface area contributed by atoms with Crippen molar-refractivity contribution in [3.63, 3.8) is 0 Å². The van der Waals surface area contributed by atoms with E-state index in [1.54, 1.807) is 11.6 Å². The predicted molar refractivity (Wildman–Crippen MR) is 109 cm³/mol. The highest BCUT2D eigenvalue weighted by Gasteiger charge is 2.15. The van der Waals surface area contributed by atoms with Gasteiger partial charge in [-0.05, 0) is 18.2 Å². The molecule has 0 aliphatic rings. The second kappa shape index (κ2) is 8.54. The molecule has 8 nitrogen and oxygen atoms in total. The highest BCUT2D eigenvalue weighted by molar-refractivity contribution is 5.96. The van der Waals surface area contributed by atoms with E-state index in [4.69, 9.17) is 5.73 Å². The molecule has 29 heavy (non-hydrogen) atoms. The van der Waals surface area contributed by atoms with E-state index in [0.29, 0.717) is 36.3 Å². The van der Waals surface area contributed by atoms with E-state index in [9.17, 15) is 14.7 Å². The van der Waals surface area contributed by atoms with E-state index in [1.165, 1.54) is 4.90 Å². The Balaban J connectivity index is 1.94. The molecule has 2 heterocycles. The Labute approximate surface area is 168 Å². The summed E-state index contributed by atoms with van der Waals surface area (Å²) in [5.74, 6) is 4.96. The maximum Gasteiger partial charge on any atom is 0.286 e. The summed E-state index contributed by atoms with van der Waals surface area (Å²) in [4.78, 5) is 32.3. The van der Waals surface area contributed by atoms with Crippen molar-refractivity contribution in [2.24, 2.45) is 12.8 Å². The van der Waals surface area contributed by atoms with Crippen LogP contribution in [-0.2, 0) is 11.8 Å². The molecule has 0 aliphatic heterocycles. The summed E-state index contributed by atoms with van der Waals surface area (Å²) in [6.45, 7) is 0.419. The summed E-state index contributed by atoms with van der Waals surface area (Å²) in [6.07, 6.45) is 2.06. The van der Waals surface area contributed by atoms with Crippen LogP contribution in [-0.4, -0.2) is 56.6 Å². The Bertz CT molecular complexity index is 1130. The van der Waals surface area contributed by atoms with Gasteiger partial charge in [0.1, 0.15) is 11.8 Å². The second-order valence-electron chi connectivity index (χ2n) is 6.66. The SMILES string of the molecule is CN(C=O)CC[C@@H](O)C#Cc1cccc(-c2nc(C(N)=O)nc3c2ccn3C)c1. The van der Waals surface area contributed by atoms with Crippen LogP contribution < -0.4 is 5.73 Å². The molecule has 3 N–H and O–H groups in total. The van der Waals surface area contributed by atoms with Crippen LogP contribution >= 0.6 is 0 Å². The second-order valence-corrected chi connectivity index (χ2v) is 6.66. The van der Waals surface area contributed by atoms with Gasteiger partial charge in [0.2, 0.25) is 12.2 Å². The average Bonchev–Trinajstić information content (AvgIpc) is 3.10. The minimum atomic E-state index is -0.845. The molecule has 2 amide bonds. The van der Waals surface area contributed by atoms with Crippen LogP contribution in [0.2, 0.25) is 0 Å². The van der Waals surface area contributed by atoms with Gasteiger partial charge in [-0.25, -0.2) is 9.97 Å². The summed E-state index contributed by atoms with van der Waals surface area (Å²) in [5.41, 5.74) is 8.03. The van der Waals surface area contributed by atoms with Gasteiger partial charge >= 0.3 is 0 Å². The number of benzene rings is 1. The van der Waals surface area contributed by atoms with Crippen molar-refractivity contribution in [2.75, 3.05) is 13.6 Å². The largest absolute Gasteiger partial charge is 0.380 e. The molecule has 8 heteroatoms. The van der Waals surface area contributed by atoms with Crippen LogP contribution in [0, 0.1) is 11.8 Å². The van der Waals surface area contributed by atoms with Crippen LogP contribution in [0.5, 0.6) is 0 Å². The fraction of sp³-hybridized carbons (Fsp3) is 0.238. The smallest absolute Gasteiger partial charge is 0.286 e. The number of carbonyl (C=O) groups is 2. The molecule has 148 valence electrons. The number of carbonyl (C=O) groups excluding carboxylic acids is 2. The van der Waals surface area contributed by atoms with Gasteiger partial charge in [-0.15, -0.1) is 0 Å². The lowest BCUT2D eigenvalue weighted by molar-refractivity contribution is -0.117. The van der Waals surface area contributed by atoms with E-state index >= 15 is 0 Å². The summed E-state index contributed by atoms with van der Waals surface area (Å²) >= 11 is 0. The van der Waals surface area contributed by atoms with Crippen molar-refractivity contribution < 1.29 is 14.7 Å². The van der Waals surface area contributed by atoms with Gasteiger partial charge in [0.15, 0.2) is 0 Å². The summed E-state index contributed by atoms with van der Waals surface area (Å²) in [5, 5.41) is 10.8. The predicted octanol–water partition coefficient (Wildman–Crippen LogP) is 0.925. The number of hydrogen-bond donors (Lipinski definition) is 2. The number of aromatic nitrogens is 3. The van der Waals surface area contributed by atoms with Gasteiger partial charge < -0.3 is 20.3 Å². The maximum absolute atomic E-state index is 11.6. The van der Waals surface area contributed by atoms with Crippen molar-refractivity contribution in [1.29, 1.82) is 0 Å². The number of primary amides is 1. The van der Waals surface area contributed by atoms with Crippen LogP contribution in [0.4, 0.5) is 0 Å². The molecule has 0 fully saturated rings. The zero-order chi connectivity index (χ0) is 21.0. The lowest BCUT2D eigenvalue weighted by Crippen LogP contribution is -2.21. The number of amides is 2. The van der Waals surface area contributed by atoms with Crippen LogP contribution in [0.25, 0.3) is 22.3 Å². The van der Waals surface area contributed by atoms with E-state index in [0.717, 1.165) is 10.9 Å². The zero-order valence-corrected chi connectivity index (χ0v) is 16.2. The van der Waals surface area contributed by atoms with E-state index in [2.05, 4.69) is 21.8 Å². The van der Waals surface area contributed by atoms with Crippen LogP contribution in [0.1, 0.15) is 22.6 Å². The molecule has 2 aromatic heterocycles. The molecule has 0 spiro atoms. The molecule has 1 atom stereocenters. The van der Waals surface area contributed by atoms with Crippen molar-refractivity contribution >= 4 is 23.4 Å². The van der Waals surface area contributed by atoms with Crippen molar-refractivity contribution in [3.8, 4) is 23.1 Å². The number of nitrogens with two attached hydrogens (primary N) is 1. The number of fused-ring (bicyclic) bond motifs is 1.